The quantitative estimate of drug-likeness (QED) is 0.611. The summed E-state index contributed by atoms with van der Waals surface area (Å²) < 4.78 is 59.6. The van der Waals surface area contributed by atoms with Crippen LogP contribution in [0.5, 0.6) is 23.0 Å². The molecule has 0 saturated heterocycles. The number of methoxy groups -OCH3 is 1. The van der Waals surface area contributed by atoms with Crippen LogP contribution in [-0.2, 0) is 23.1 Å². The maximum absolute atomic E-state index is 13.6. The monoisotopic (exact) mass is 463 g/mol. The van der Waals surface area contributed by atoms with Crippen LogP contribution < -0.4 is 19.1 Å². The molecule has 3 heterocycles. The minimum atomic E-state index is -4.69. The fourth-order valence-electron chi connectivity index (χ4n) is 4.09. The molecule has 0 radical (unpaired) electrons. The van der Waals surface area contributed by atoms with E-state index in [-0.39, 0.29) is 46.6 Å². The van der Waals surface area contributed by atoms with Gasteiger partial charge in [0.25, 0.3) is 5.91 Å². The van der Waals surface area contributed by atoms with Crippen LogP contribution >= 0.6 is 0 Å². The van der Waals surface area contributed by atoms with E-state index >= 15 is 0 Å². The summed E-state index contributed by atoms with van der Waals surface area (Å²) in [6.45, 7) is -0.501. The average Bonchev–Trinajstić information content (AvgIpc) is 3.48. The zero-order valence-electron chi connectivity index (χ0n) is 17.0. The van der Waals surface area contributed by atoms with Crippen molar-refractivity contribution in [2.75, 3.05) is 18.8 Å². The first-order chi connectivity index (χ1) is 15.6. The molecule has 8 nitrogen and oxygen atoms in total. The number of hydrogen-bond acceptors (Lipinski definition) is 7. The molecule has 2 N–H and O–H groups in total. The largest absolute Gasteiger partial charge is 0.507 e. The maximum Gasteiger partial charge on any atom is 0.449 e. The number of furan rings is 1. The molecule has 33 heavy (non-hydrogen) atoms. The summed E-state index contributed by atoms with van der Waals surface area (Å²) in [6, 6.07) is 8.94. The Bertz CT molecular complexity index is 1270. The minimum absolute atomic E-state index is 0.0225. The second-order valence-corrected chi connectivity index (χ2v) is 7.44. The van der Waals surface area contributed by atoms with Gasteiger partial charge >= 0.3 is 6.18 Å². The summed E-state index contributed by atoms with van der Waals surface area (Å²) in [5.74, 6) is -2.13. The molecule has 0 saturated carbocycles. The van der Waals surface area contributed by atoms with Gasteiger partial charge in [-0.05, 0) is 30.3 Å². The van der Waals surface area contributed by atoms with Crippen LogP contribution in [-0.4, -0.2) is 30.0 Å². The van der Waals surface area contributed by atoms with Gasteiger partial charge in [-0.2, -0.15) is 13.2 Å². The predicted octanol–water partition coefficient (Wildman–Crippen LogP) is 3.52. The van der Waals surface area contributed by atoms with Crippen molar-refractivity contribution < 1.29 is 46.8 Å². The highest BCUT2D eigenvalue weighted by atomic mass is 19.4. The van der Waals surface area contributed by atoms with E-state index in [1.54, 1.807) is 6.07 Å². The lowest BCUT2D eigenvalue weighted by molar-refractivity contribution is -0.153. The topological polar surface area (TPSA) is 102 Å². The van der Waals surface area contributed by atoms with E-state index in [0.29, 0.717) is 0 Å². The number of carbonyl (C=O) groups is 1. The van der Waals surface area contributed by atoms with Crippen molar-refractivity contribution in [2.24, 2.45) is 0 Å². The first kappa shape index (κ1) is 21.0. The van der Waals surface area contributed by atoms with Gasteiger partial charge in [-0.3, -0.25) is 4.79 Å². The first-order valence-electron chi connectivity index (χ1n) is 9.65. The van der Waals surface area contributed by atoms with E-state index in [1.807, 2.05) is 0 Å². The lowest BCUT2D eigenvalue weighted by Crippen LogP contribution is -2.41. The summed E-state index contributed by atoms with van der Waals surface area (Å²) in [5.41, 5.74) is -2.41. The lowest BCUT2D eigenvalue weighted by Gasteiger charge is -2.25. The molecular weight excluding hydrogens is 447 g/mol. The van der Waals surface area contributed by atoms with E-state index in [1.165, 1.54) is 31.4 Å². The highest BCUT2D eigenvalue weighted by molar-refractivity contribution is 6.10. The summed E-state index contributed by atoms with van der Waals surface area (Å²) in [6.07, 6.45) is -4.69. The normalized spacial score (nSPS) is 19.2. The number of hydrogen-bond donors (Lipinski definition) is 2. The number of anilines is 1. The van der Waals surface area contributed by atoms with Gasteiger partial charge in [0.2, 0.25) is 18.2 Å². The van der Waals surface area contributed by atoms with Crippen LogP contribution in [0.25, 0.3) is 0 Å². The molecule has 1 aromatic heterocycles. The van der Waals surface area contributed by atoms with Crippen LogP contribution in [0.2, 0.25) is 0 Å². The molecule has 0 aliphatic carbocycles. The van der Waals surface area contributed by atoms with Crippen molar-refractivity contribution in [1.82, 2.24) is 0 Å². The number of ether oxygens (including phenoxy) is 3. The molecule has 3 aromatic rings. The van der Waals surface area contributed by atoms with Gasteiger partial charge in [-0.25, -0.2) is 0 Å². The Morgan fingerprint density at radius 2 is 1.88 bits per heavy atom. The average molecular weight is 463 g/mol. The molecular formula is C22H16F3NO7. The fourth-order valence-corrected chi connectivity index (χ4v) is 4.09. The van der Waals surface area contributed by atoms with Crippen molar-refractivity contribution >= 4 is 11.6 Å². The Kier molecular flexibility index (Phi) is 4.50. The standard InChI is InChI=1S/C22H16F3NO7/c1-30-15-4-2-3-13-19(15)21(29,12-7-16-17(8-14(12)27)32-10-31-16)20(28)26(13)9-11-5-6-18(33-11)22(23,24)25/h2-8,27,29H,9-10H2,1H3. The number of phenolic OH excluding ortho intramolecular Hbond substituents is 1. The molecule has 1 amide bonds. The van der Waals surface area contributed by atoms with Crippen molar-refractivity contribution in [3.63, 3.8) is 0 Å². The molecule has 2 aliphatic rings. The minimum Gasteiger partial charge on any atom is -0.507 e. The zero-order chi connectivity index (χ0) is 23.5. The summed E-state index contributed by atoms with van der Waals surface area (Å²) in [4.78, 5) is 14.7. The van der Waals surface area contributed by atoms with Gasteiger partial charge < -0.3 is 33.7 Å². The Hall–Kier alpha value is -3.86. The molecule has 0 fully saturated rings. The Balaban J connectivity index is 1.64. The Morgan fingerprint density at radius 3 is 2.55 bits per heavy atom. The van der Waals surface area contributed by atoms with Crippen molar-refractivity contribution in [1.29, 1.82) is 0 Å². The number of rotatable bonds is 4. The number of nitrogens with zero attached hydrogens (tertiary/aromatic N) is 1. The molecule has 2 aliphatic heterocycles. The third-order valence-corrected chi connectivity index (χ3v) is 5.57. The number of aromatic hydroxyl groups is 1. The van der Waals surface area contributed by atoms with E-state index < -0.39 is 35.7 Å². The van der Waals surface area contributed by atoms with E-state index in [2.05, 4.69) is 0 Å². The fraction of sp³-hybridized carbons (Fsp3) is 0.227. The van der Waals surface area contributed by atoms with E-state index in [9.17, 15) is 28.2 Å². The van der Waals surface area contributed by atoms with E-state index in [4.69, 9.17) is 18.6 Å². The second-order valence-electron chi connectivity index (χ2n) is 7.44. The highest BCUT2D eigenvalue weighted by Gasteiger charge is 2.55. The van der Waals surface area contributed by atoms with Gasteiger partial charge in [-0.1, -0.05) is 6.07 Å². The van der Waals surface area contributed by atoms with Gasteiger partial charge in [0.15, 0.2) is 11.5 Å². The number of alkyl halides is 3. The van der Waals surface area contributed by atoms with Crippen LogP contribution in [0.4, 0.5) is 18.9 Å². The molecule has 11 heteroatoms. The third kappa shape index (κ3) is 3.07. The molecule has 1 atom stereocenters. The van der Waals surface area contributed by atoms with Crippen molar-refractivity contribution in [2.45, 2.75) is 18.3 Å². The first-order valence-corrected chi connectivity index (χ1v) is 9.65. The van der Waals surface area contributed by atoms with Crippen LogP contribution in [0.15, 0.2) is 46.9 Å². The number of halogens is 3. The van der Waals surface area contributed by atoms with Crippen molar-refractivity contribution in [3.05, 3.63) is 65.1 Å². The molecule has 2 aromatic carbocycles. The van der Waals surface area contributed by atoms with Crippen LogP contribution in [0, 0.1) is 0 Å². The number of benzene rings is 2. The van der Waals surface area contributed by atoms with Crippen LogP contribution in [0.3, 0.4) is 0 Å². The van der Waals surface area contributed by atoms with E-state index in [0.717, 1.165) is 17.0 Å². The number of amides is 1. The van der Waals surface area contributed by atoms with Gasteiger partial charge in [0.05, 0.1) is 24.9 Å². The molecule has 5 rings (SSSR count). The van der Waals surface area contributed by atoms with Gasteiger partial charge in [-0.15, -0.1) is 0 Å². The Morgan fingerprint density at radius 1 is 1.15 bits per heavy atom. The number of fused-ring (bicyclic) bond motifs is 2. The second kappa shape index (κ2) is 7.07. The van der Waals surface area contributed by atoms with Gasteiger partial charge in [0.1, 0.15) is 17.3 Å². The molecule has 1 unspecified atom stereocenters. The summed E-state index contributed by atoms with van der Waals surface area (Å²) in [7, 11) is 1.34. The van der Waals surface area contributed by atoms with Crippen LogP contribution in [0.1, 0.15) is 22.6 Å². The number of phenols is 1. The predicted molar refractivity (Wildman–Crippen MR) is 105 cm³/mol. The zero-order valence-corrected chi connectivity index (χ0v) is 17.0. The number of carbonyl (C=O) groups excluding carboxylic acids is 1. The smallest absolute Gasteiger partial charge is 0.449 e. The SMILES string of the molecule is COc1cccc2c1C(O)(c1cc3c(cc1O)OCO3)C(=O)N2Cc1ccc(C(F)(F)F)o1. The van der Waals surface area contributed by atoms with Crippen molar-refractivity contribution in [3.8, 4) is 23.0 Å². The molecule has 172 valence electrons. The highest BCUT2D eigenvalue weighted by Crippen LogP contribution is 2.53. The lowest BCUT2D eigenvalue weighted by atomic mass is 9.86. The maximum atomic E-state index is 13.6. The Labute approximate surface area is 184 Å². The summed E-state index contributed by atoms with van der Waals surface area (Å²) >= 11 is 0. The number of aliphatic hydroxyl groups is 1. The summed E-state index contributed by atoms with van der Waals surface area (Å²) in [5, 5.41) is 22.4. The third-order valence-electron chi connectivity index (χ3n) is 5.57. The molecule has 0 spiro atoms. The molecule has 0 bridgehead atoms. The van der Waals surface area contributed by atoms with Gasteiger partial charge in [0, 0.05) is 11.6 Å².